The maximum absolute atomic E-state index is 12.9. The number of aliphatic hydroxyl groups excluding tert-OH is 1. The van der Waals surface area contributed by atoms with E-state index in [1.807, 2.05) is 17.0 Å². The summed E-state index contributed by atoms with van der Waals surface area (Å²) in [5.41, 5.74) is 3.63. The zero-order valence-corrected chi connectivity index (χ0v) is 17.6. The highest BCUT2D eigenvalue weighted by Gasteiger charge is 2.42. The molecular formula is C25H29N3O3. The standard InChI is InChI=1S/C25H29N3O3/c29-23(22-13-18-3-1-2-4-19(18)14-26-22)15-27-24(30)16-5-7-17(8-6-16)25(31)28-20-9-10-21(28)12-11-20/h1-8,20-23,26,29H,9-15H2,(H,27,30)/t20?,21?,22-,23?/m0/s1. The SMILES string of the molecule is O=C(NCC(O)[C@@H]1Cc2ccccc2CN1)c1ccc(C(=O)N2C3CCC2CC3)cc1. The van der Waals surface area contributed by atoms with Crippen molar-refractivity contribution in [1.82, 2.24) is 15.5 Å². The zero-order valence-electron chi connectivity index (χ0n) is 17.6. The lowest BCUT2D eigenvalue weighted by Crippen LogP contribution is -2.49. The number of rotatable bonds is 5. The minimum atomic E-state index is -0.677. The Kier molecular flexibility index (Phi) is 5.50. The van der Waals surface area contributed by atoms with E-state index in [4.69, 9.17) is 0 Å². The second-order valence-corrected chi connectivity index (χ2v) is 8.99. The molecule has 0 spiro atoms. The summed E-state index contributed by atoms with van der Waals surface area (Å²) in [6.07, 6.45) is 4.51. The van der Waals surface area contributed by atoms with Gasteiger partial charge in [0.2, 0.25) is 0 Å². The van der Waals surface area contributed by atoms with Gasteiger partial charge in [0, 0.05) is 42.3 Å². The number of nitrogens with zero attached hydrogens (tertiary/aromatic N) is 1. The second kappa shape index (κ2) is 8.44. The topological polar surface area (TPSA) is 81.7 Å². The Labute approximate surface area is 182 Å². The van der Waals surface area contributed by atoms with Crippen molar-refractivity contribution in [3.8, 4) is 0 Å². The van der Waals surface area contributed by atoms with Crippen molar-refractivity contribution in [2.24, 2.45) is 0 Å². The number of amides is 2. The number of hydrogen-bond donors (Lipinski definition) is 3. The fourth-order valence-corrected chi connectivity index (χ4v) is 5.35. The van der Waals surface area contributed by atoms with E-state index >= 15 is 0 Å². The molecule has 0 aliphatic carbocycles. The molecule has 2 aromatic rings. The fourth-order valence-electron chi connectivity index (χ4n) is 5.35. The fraction of sp³-hybridized carbons (Fsp3) is 0.440. The summed E-state index contributed by atoms with van der Waals surface area (Å²) in [4.78, 5) is 27.4. The van der Waals surface area contributed by atoms with E-state index in [9.17, 15) is 14.7 Å². The second-order valence-electron chi connectivity index (χ2n) is 8.99. The third kappa shape index (κ3) is 3.98. The number of nitrogens with one attached hydrogen (secondary N) is 2. The highest BCUT2D eigenvalue weighted by atomic mass is 16.3. The number of carbonyl (C=O) groups is 2. The predicted molar refractivity (Wildman–Crippen MR) is 118 cm³/mol. The van der Waals surface area contributed by atoms with Crippen molar-refractivity contribution in [1.29, 1.82) is 0 Å². The smallest absolute Gasteiger partial charge is 0.254 e. The molecule has 3 heterocycles. The van der Waals surface area contributed by atoms with Crippen LogP contribution in [-0.4, -0.2) is 52.6 Å². The molecule has 5 rings (SSSR count). The van der Waals surface area contributed by atoms with Crippen LogP contribution in [0.2, 0.25) is 0 Å². The third-order valence-electron chi connectivity index (χ3n) is 7.13. The van der Waals surface area contributed by atoms with Crippen LogP contribution in [-0.2, 0) is 13.0 Å². The summed E-state index contributed by atoms with van der Waals surface area (Å²) >= 11 is 0. The predicted octanol–water partition coefficient (Wildman–Crippen LogP) is 2.26. The van der Waals surface area contributed by atoms with Crippen molar-refractivity contribution in [2.45, 2.75) is 62.9 Å². The van der Waals surface area contributed by atoms with E-state index in [2.05, 4.69) is 22.8 Å². The average Bonchev–Trinajstić information content (AvgIpc) is 3.42. The minimum absolute atomic E-state index is 0.0797. The lowest BCUT2D eigenvalue weighted by Gasteiger charge is -2.30. The Morgan fingerprint density at radius 2 is 1.58 bits per heavy atom. The number of benzene rings is 2. The van der Waals surface area contributed by atoms with Crippen molar-refractivity contribution in [3.63, 3.8) is 0 Å². The normalized spacial score (nSPS) is 25.2. The van der Waals surface area contributed by atoms with Gasteiger partial charge in [0.25, 0.3) is 11.8 Å². The Morgan fingerprint density at radius 1 is 0.968 bits per heavy atom. The Balaban J connectivity index is 1.15. The highest BCUT2D eigenvalue weighted by molar-refractivity contribution is 5.98. The van der Waals surface area contributed by atoms with Crippen LogP contribution in [0.3, 0.4) is 0 Å². The van der Waals surface area contributed by atoms with Crippen LogP contribution < -0.4 is 10.6 Å². The molecule has 2 aromatic carbocycles. The molecule has 0 radical (unpaired) electrons. The molecule has 2 amide bonds. The average molecular weight is 420 g/mol. The van der Waals surface area contributed by atoms with Crippen LogP contribution in [0, 0.1) is 0 Å². The van der Waals surface area contributed by atoms with Crippen molar-refractivity contribution < 1.29 is 14.7 Å². The van der Waals surface area contributed by atoms with Gasteiger partial charge >= 0.3 is 0 Å². The van der Waals surface area contributed by atoms with Gasteiger partial charge in [0.1, 0.15) is 0 Å². The lowest BCUT2D eigenvalue weighted by molar-refractivity contribution is 0.0729. The molecule has 162 valence electrons. The van der Waals surface area contributed by atoms with Crippen molar-refractivity contribution in [2.75, 3.05) is 6.54 Å². The van der Waals surface area contributed by atoms with Crippen LogP contribution in [0.4, 0.5) is 0 Å². The van der Waals surface area contributed by atoms with Gasteiger partial charge in [-0.1, -0.05) is 24.3 Å². The third-order valence-corrected chi connectivity index (χ3v) is 7.13. The molecule has 3 aliphatic rings. The van der Waals surface area contributed by atoms with E-state index in [-0.39, 0.29) is 24.4 Å². The van der Waals surface area contributed by atoms with E-state index in [1.54, 1.807) is 24.3 Å². The highest BCUT2D eigenvalue weighted by Crippen LogP contribution is 2.38. The number of aliphatic hydroxyl groups is 1. The first-order valence-electron chi connectivity index (χ1n) is 11.3. The number of carbonyl (C=O) groups excluding carboxylic acids is 2. The van der Waals surface area contributed by atoms with Crippen molar-refractivity contribution in [3.05, 3.63) is 70.8 Å². The van der Waals surface area contributed by atoms with Gasteiger partial charge in [-0.05, 0) is 67.5 Å². The summed E-state index contributed by atoms with van der Waals surface area (Å²) in [6.45, 7) is 0.899. The van der Waals surface area contributed by atoms with Gasteiger partial charge in [0.05, 0.1) is 6.10 Å². The van der Waals surface area contributed by atoms with E-state index < -0.39 is 6.10 Å². The van der Waals surface area contributed by atoms with Crippen LogP contribution in [0.25, 0.3) is 0 Å². The quantitative estimate of drug-likeness (QED) is 0.694. The van der Waals surface area contributed by atoms with Gasteiger partial charge in [0.15, 0.2) is 0 Å². The number of hydrogen-bond acceptors (Lipinski definition) is 4. The summed E-state index contributed by atoms with van der Waals surface area (Å²) < 4.78 is 0. The molecule has 6 nitrogen and oxygen atoms in total. The Bertz CT molecular complexity index is 954. The molecule has 31 heavy (non-hydrogen) atoms. The molecule has 0 aromatic heterocycles. The molecule has 2 saturated heterocycles. The summed E-state index contributed by atoms with van der Waals surface area (Å²) in [5, 5.41) is 16.7. The maximum atomic E-state index is 12.9. The van der Waals surface area contributed by atoms with Crippen LogP contribution in [0.1, 0.15) is 57.5 Å². The molecule has 2 fully saturated rings. The molecule has 1 unspecified atom stereocenters. The van der Waals surface area contributed by atoms with E-state index in [0.717, 1.165) is 38.6 Å². The molecule has 2 atom stereocenters. The molecule has 6 heteroatoms. The zero-order chi connectivity index (χ0) is 21.4. The molecule has 0 saturated carbocycles. The minimum Gasteiger partial charge on any atom is -0.390 e. The van der Waals surface area contributed by atoms with E-state index in [0.29, 0.717) is 23.2 Å². The largest absolute Gasteiger partial charge is 0.390 e. The van der Waals surface area contributed by atoms with Gasteiger partial charge in [-0.3, -0.25) is 9.59 Å². The Morgan fingerprint density at radius 3 is 2.26 bits per heavy atom. The monoisotopic (exact) mass is 419 g/mol. The first-order valence-corrected chi connectivity index (χ1v) is 11.3. The molecule has 3 aliphatic heterocycles. The lowest BCUT2D eigenvalue weighted by atomic mass is 9.93. The summed E-state index contributed by atoms with van der Waals surface area (Å²) in [6, 6.07) is 15.8. The maximum Gasteiger partial charge on any atom is 0.254 e. The van der Waals surface area contributed by atoms with Gasteiger partial charge in [-0.15, -0.1) is 0 Å². The van der Waals surface area contributed by atoms with Gasteiger partial charge in [-0.2, -0.15) is 0 Å². The van der Waals surface area contributed by atoms with Gasteiger partial charge in [-0.25, -0.2) is 0 Å². The molecular weight excluding hydrogens is 390 g/mol. The molecule has 3 N–H and O–H groups in total. The van der Waals surface area contributed by atoms with Gasteiger partial charge < -0.3 is 20.6 Å². The van der Waals surface area contributed by atoms with E-state index in [1.165, 1.54) is 11.1 Å². The van der Waals surface area contributed by atoms with Crippen molar-refractivity contribution >= 4 is 11.8 Å². The van der Waals surface area contributed by atoms with Crippen LogP contribution in [0.5, 0.6) is 0 Å². The molecule has 2 bridgehead atoms. The first kappa shape index (κ1) is 20.2. The summed E-state index contributed by atoms with van der Waals surface area (Å²) in [7, 11) is 0. The summed E-state index contributed by atoms with van der Waals surface area (Å²) in [5.74, 6) is -0.161. The van der Waals surface area contributed by atoms with Crippen LogP contribution >= 0.6 is 0 Å². The van der Waals surface area contributed by atoms with Crippen LogP contribution in [0.15, 0.2) is 48.5 Å². The number of fused-ring (bicyclic) bond motifs is 3. The first-order chi connectivity index (χ1) is 15.1. The Hall–Kier alpha value is -2.70.